The van der Waals surface area contributed by atoms with Gasteiger partial charge in [0, 0.05) is 27.1 Å². The van der Waals surface area contributed by atoms with Crippen molar-refractivity contribution >= 4 is 35.1 Å². The predicted molar refractivity (Wildman–Crippen MR) is 106 cm³/mol. The van der Waals surface area contributed by atoms with Crippen molar-refractivity contribution in [1.82, 2.24) is 0 Å². The Kier molecular flexibility index (Phi) is 6.27. The highest BCUT2D eigenvalue weighted by atomic mass is 32.2. The summed E-state index contributed by atoms with van der Waals surface area (Å²) in [5.74, 6) is 0.878. The fourth-order valence-electron chi connectivity index (χ4n) is 2.99. The van der Waals surface area contributed by atoms with Crippen LogP contribution in [-0.2, 0) is 5.75 Å². The molecule has 0 aliphatic heterocycles. The molecule has 0 heterocycles. The zero-order valence-corrected chi connectivity index (χ0v) is 15.6. The van der Waals surface area contributed by atoms with Crippen LogP contribution < -0.4 is 5.32 Å². The second kappa shape index (κ2) is 8.63. The van der Waals surface area contributed by atoms with Crippen LogP contribution in [0.2, 0.25) is 0 Å². The number of thioether (sulfide) groups is 2. The molecule has 4 heteroatoms. The molecule has 0 saturated heterocycles. The number of nitrogens with one attached hydrogen (secondary N) is 1. The maximum atomic E-state index is 12.4. The molecule has 1 aliphatic carbocycles. The molecule has 0 radical (unpaired) electrons. The molecule has 2 aromatic rings. The molecule has 2 nitrogen and oxygen atoms in total. The van der Waals surface area contributed by atoms with Crippen LogP contribution in [0.1, 0.15) is 41.6 Å². The van der Waals surface area contributed by atoms with Crippen LogP contribution in [0.3, 0.4) is 0 Å². The molecule has 0 atom stereocenters. The Morgan fingerprint density at radius 2 is 1.88 bits per heavy atom. The van der Waals surface area contributed by atoms with E-state index in [9.17, 15) is 4.79 Å². The minimum Gasteiger partial charge on any atom is -0.322 e. The Bertz CT molecular complexity index is 678. The van der Waals surface area contributed by atoms with E-state index in [0.717, 1.165) is 16.7 Å². The molecule has 24 heavy (non-hydrogen) atoms. The van der Waals surface area contributed by atoms with Crippen LogP contribution in [0.4, 0.5) is 5.69 Å². The van der Waals surface area contributed by atoms with Crippen molar-refractivity contribution in [2.45, 2.75) is 41.6 Å². The van der Waals surface area contributed by atoms with Crippen LogP contribution >= 0.6 is 23.5 Å². The van der Waals surface area contributed by atoms with Crippen LogP contribution in [-0.4, -0.2) is 17.4 Å². The van der Waals surface area contributed by atoms with E-state index < -0.39 is 0 Å². The lowest BCUT2D eigenvalue weighted by Gasteiger charge is -2.10. The van der Waals surface area contributed by atoms with Gasteiger partial charge in [-0.25, -0.2) is 0 Å². The molecular weight excluding hydrogens is 334 g/mol. The normalized spacial score (nSPS) is 14.7. The molecule has 0 unspecified atom stereocenters. The number of carbonyl (C=O) groups excluding carboxylic acids is 1. The third-order valence-electron chi connectivity index (χ3n) is 4.22. The Labute approximate surface area is 152 Å². The van der Waals surface area contributed by atoms with E-state index in [2.05, 4.69) is 29.8 Å². The van der Waals surface area contributed by atoms with Gasteiger partial charge in [-0.1, -0.05) is 25.0 Å². The SMILES string of the molecule is CSCc1cccc(C(=O)Nc2ccc(SC3CCCC3)cc2)c1. The first-order chi connectivity index (χ1) is 11.7. The van der Waals surface area contributed by atoms with E-state index in [0.29, 0.717) is 5.56 Å². The smallest absolute Gasteiger partial charge is 0.255 e. The molecule has 126 valence electrons. The van der Waals surface area contributed by atoms with Gasteiger partial charge < -0.3 is 5.32 Å². The molecule has 0 aromatic heterocycles. The van der Waals surface area contributed by atoms with Crippen LogP contribution in [0, 0.1) is 0 Å². The third kappa shape index (κ3) is 4.81. The highest BCUT2D eigenvalue weighted by Gasteiger charge is 2.16. The number of carbonyl (C=O) groups is 1. The molecule has 0 bridgehead atoms. The highest BCUT2D eigenvalue weighted by molar-refractivity contribution is 8.00. The van der Waals surface area contributed by atoms with Gasteiger partial charge in [-0.15, -0.1) is 11.8 Å². The summed E-state index contributed by atoms with van der Waals surface area (Å²) in [5.41, 5.74) is 2.75. The minimum absolute atomic E-state index is 0.0471. The van der Waals surface area contributed by atoms with Gasteiger partial charge in [-0.2, -0.15) is 11.8 Å². The first-order valence-electron chi connectivity index (χ1n) is 8.40. The lowest BCUT2D eigenvalue weighted by atomic mass is 10.1. The number of amides is 1. The molecule has 1 fully saturated rings. The average Bonchev–Trinajstić information content (AvgIpc) is 3.10. The van der Waals surface area contributed by atoms with Crippen LogP contribution in [0.15, 0.2) is 53.4 Å². The lowest BCUT2D eigenvalue weighted by molar-refractivity contribution is 0.102. The van der Waals surface area contributed by atoms with Crippen LogP contribution in [0.5, 0.6) is 0 Å². The van der Waals surface area contributed by atoms with E-state index in [-0.39, 0.29) is 5.91 Å². The summed E-state index contributed by atoms with van der Waals surface area (Å²) in [6, 6.07) is 16.1. The molecule has 0 spiro atoms. The van der Waals surface area contributed by atoms with Gasteiger partial charge >= 0.3 is 0 Å². The van der Waals surface area contributed by atoms with Gasteiger partial charge in [0.2, 0.25) is 0 Å². The maximum Gasteiger partial charge on any atom is 0.255 e. The van der Waals surface area contributed by atoms with Gasteiger partial charge in [-0.05, 0) is 61.1 Å². The third-order valence-corrected chi connectivity index (χ3v) is 6.19. The maximum absolute atomic E-state index is 12.4. The molecule has 1 N–H and O–H groups in total. The van der Waals surface area contributed by atoms with Gasteiger partial charge in [0.15, 0.2) is 0 Å². The molecule has 3 rings (SSSR count). The van der Waals surface area contributed by atoms with E-state index in [1.807, 2.05) is 42.1 Å². The van der Waals surface area contributed by atoms with E-state index in [4.69, 9.17) is 0 Å². The standard InChI is InChI=1S/C20H23NOS2/c1-23-14-15-5-4-6-16(13-15)20(22)21-17-9-11-19(12-10-17)24-18-7-2-3-8-18/h4-6,9-13,18H,2-3,7-8,14H2,1H3,(H,21,22). The zero-order valence-electron chi connectivity index (χ0n) is 14.0. The summed E-state index contributed by atoms with van der Waals surface area (Å²) >= 11 is 3.73. The predicted octanol–water partition coefficient (Wildman–Crippen LogP) is 5.84. The van der Waals surface area contributed by atoms with Gasteiger partial charge in [-0.3, -0.25) is 4.79 Å². The molecule has 2 aromatic carbocycles. The number of benzene rings is 2. The van der Waals surface area contributed by atoms with Gasteiger partial charge in [0.25, 0.3) is 5.91 Å². The topological polar surface area (TPSA) is 29.1 Å². The Morgan fingerprint density at radius 3 is 2.58 bits per heavy atom. The first kappa shape index (κ1) is 17.4. The molecular formula is C20H23NOS2. The number of anilines is 1. The van der Waals surface area contributed by atoms with Crippen molar-refractivity contribution < 1.29 is 4.79 Å². The molecule has 1 saturated carbocycles. The van der Waals surface area contributed by atoms with Gasteiger partial charge in [0.05, 0.1) is 0 Å². The van der Waals surface area contributed by atoms with Crippen LogP contribution in [0.25, 0.3) is 0 Å². The summed E-state index contributed by atoms with van der Waals surface area (Å²) in [6.45, 7) is 0. The Balaban J connectivity index is 1.60. The van der Waals surface area contributed by atoms with E-state index >= 15 is 0 Å². The Morgan fingerprint density at radius 1 is 1.12 bits per heavy atom. The highest BCUT2D eigenvalue weighted by Crippen LogP contribution is 2.34. The van der Waals surface area contributed by atoms with Crippen molar-refractivity contribution in [3.63, 3.8) is 0 Å². The van der Waals surface area contributed by atoms with Crippen molar-refractivity contribution in [1.29, 1.82) is 0 Å². The second-order valence-corrected chi connectivity index (χ2v) is 8.38. The quantitative estimate of drug-likeness (QED) is 0.704. The Hall–Kier alpha value is -1.39. The van der Waals surface area contributed by atoms with E-state index in [1.54, 1.807) is 11.8 Å². The summed E-state index contributed by atoms with van der Waals surface area (Å²) in [5, 5.41) is 3.76. The van der Waals surface area contributed by atoms with Crippen molar-refractivity contribution in [3.05, 3.63) is 59.7 Å². The number of hydrogen-bond acceptors (Lipinski definition) is 3. The number of hydrogen-bond donors (Lipinski definition) is 1. The van der Waals surface area contributed by atoms with Gasteiger partial charge in [0.1, 0.15) is 0 Å². The second-order valence-electron chi connectivity index (χ2n) is 6.14. The summed E-state index contributed by atoms with van der Waals surface area (Å²) in [6.07, 6.45) is 7.45. The minimum atomic E-state index is -0.0471. The molecule has 1 amide bonds. The fraction of sp³-hybridized carbons (Fsp3) is 0.350. The van der Waals surface area contributed by atoms with Crippen molar-refractivity contribution in [2.75, 3.05) is 11.6 Å². The first-order valence-corrected chi connectivity index (χ1v) is 10.7. The van der Waals surface area contributed by atoms with Crippen molar-refractivity contribution in [2.24, 2.45) is 0 Å². The largest absolute Gasteiger partial charge is 0.322 e. The summed E-state index contributed by atoms with van der Waals surface area (Å²) < 4.78 is 0. The number of rotatable bonds is 6. The fourth-order valence-corrected chi connectivity index (χ4v) is 4.75. The summed E-state index contributed by atoms with van der Waals surface area (Å²) in [4.78, 5) is 13.7. The monoisotopic (exact) mass is 357 g/mol. The lowest BCUT2D eigenvalue weighted by Crippen LogP contribution is -2.12. The summed E-state index contributed by atoms with van der Waals surface area (Å²) in [7, 11) is 0. The molecule has 1 aliphatic rings. The van der Waals surface area contributed by atoms with Crippen molar-refractivity contribution in [3.8, 4) is 0 Å². The van der Waals surface area contributed by atoms with E-state index in [1.165, 1.54) is 36.1 Å². The zero-order chi connectivity index (χ0) is 16.8. The average molecular weight is 358 g/mol.